The maximum atomic E-state index is 12.1. The molecule has 0 saturated carbocycles. The van der Waals surface area contributed by atoms with Crippen molar-refractivity contribution in [3.8, 4) is 11.5 Å². The van der Waals surface area contributed by atoms with Crippen molar-refractivity contribution in [1.82, 2.24) is 0 Å². The van der Waals surface area contributed by atoms with Gasteiger partial charge in [-0.15, -0.1) is 0 Å². The lowest BCUT2D eigenvalue weighted by atomic mass is 9.92. The molecule has 0 saturated heterocycles. The molecule has 0 heterocycles. The minimum atomic E-state index is -1.78. The quantitative estimate of drug-likeness (QED) is 0.465. The van der Waals surface area contributed by atoms with Gasteiger partial charge in [-0.3, -0.25) is 4.79 Å². The number of aromatic hydroxyl groups is 2. The van der Waals surface area contributed by atoms with Gasteiger partial charge in [0.25, 0.3) is 5.78 Å². The average Bonchev–Trinajstić information content (AvgIpc) is 2.57. The molecule has 2 aromatic carbocycles. The van der Waals surface area contributed by atoms with Crippen LogP contribution in [0.5, 0.6) is 11.5 Å². The molecule has 0 bridgehead atoms. The van der Waals surface area contributed by atoms with E-state index in [2.05, 4.69) is 0 Å². The molecule has 2 rings (SSSR count). The summed E-state index contributed by atoms with van der Waals surface area (Å²) in [5.41, 5.74) is -0.317. The number of hydrogen-bond donors (Lipinski definition) is 4. The minimum absolute atomic E-state index is 0.00928. The van der Waals surface area contributed by atoms with E-state index in [1.54, 1.807) is 0 Å². The van der Waals surface area contributed by atoms with Crippen LogP contribution in [0.2, 0.25) is 0 Å². The second-order valence-corrected chi connectivity index (χ2v) is 5.18. The number of carbonyl (C=O) groups is 3. The van der Waals surface area contributed by atoms with Crippen molar-refractivity contribution >= 4 is 23.3 Å². The zero-order valence-electron chi connectivity index (χ0n) is 12.8. The van der Waals surface area contributed by atoms with Gasteiger partial charge in [0.1, 0.15) is 11.5 Å². The summed E-state index contributed by atoms with van der Waals surface area (Å²) in [7, 11) is 0. The summed E-state index contributed by atoms with van der Waals surface area (Å²) in [5, 5.41) is 37.2. The van der Waals surface area contributed by atoms with Crippen LogP contribution in [0.15, 0.2) is 54.1 Å². The largest absolute Gasteiger partial charge is 0.508 e. The number of rotatable bonds is 6. The van der Waals surface area contributed by atoms with Crippen molar-refractivity contribution in [1.29, 1.82) is 0 Å². The van der Waals surface area contributed by atoms with E-state index in [0.29, 0.717) is 5.56 Å². The first kappa shape index (κ1) is 17.7. The Kier molecular flexibility index (Phi) is 5.18. The van der Waals surface area contributed by atoms with Gasteiger partial charge in [0, 0.05) is 12.0 Å². The van der Waals surface area contributed by atoms with Gasteiger partial charge in [-0.1, -0.05) is 24.3 Å². The highest BCUT2D eigenvalue weighted by Gasteiger charge is 2.27. The molecule has 0 spiro atoms. The van der Waals surface area contributed by atoms with Crippen LogP contribution in [-0.4, -0.2) is 38.1 Å². The van der Waals surface area contributed by atoms with Crippen molar-refractivity contribution in [2.45, 2.75) is 6.42 Å². The summed E-state index contributed by atoms with van der Waals surface area (Å²) in [6.45, 7) is 0. The first-order valence-corrected chi connectivity index (χ1v) is 7.11. The van der Waals surface area contributed by atoms with E-state index in [9.17, 15) is 29.7 Å². The molecular weight excluding hydrogens is 328 g/mol. The molecule has 0 aromatic heterocycles. The first-order valence-electron chi connectivity index (χ1n) is 7.11. The smallest absolute Gasteiger partial charge is 0.377 e. The van der Waals surface area contributed by atoms with Gasteiger partial charge in [-0.05, 0) is 35.4 Å². The monoisotopic (exact) mass is 342 g/mol. The standard InChI is InChI=1S/C18H14O7/c19-12-5-1-10(2-6-12)9-14(17(22)23)15(16(21)18(24)25)11-3-7-13(20)8-4-11/h1-8,19-20H,9H2,(H,22,23)(H,24,25)/b15-14+. The SMILES string of the molecule is O=C(O)C(=O)/C(=C(\Cc1ccc(O)cc1)C(=O)O)c1ccc(O)cc1. The predicted octanol–water partition coefficient (Wildman–Crippen LogP) is 1.83. The minimum Gasteiger partial charge on any atom is -0.508 e. The molecule has 0 aliphatic rings. The van der Waals surface area contributed by atoms with Gasteiger partial charge in [-0.25, -0.2) is 9.59 Å². The fourth-order valence-electron chi connectivity index (χ4n) is 2.27. The zero-order chi connectivity index (χ0) is 18.6. The number of benzene rings is 2. The van der Waals surface area contributed by atoms with Crippen LogP contribution in [-0.2, 0) is 20.8 Å². The summed E-state index contributed by atoms with van der Waals surface area (Å²) in [6, 6.07) is 10.6. The molecule has 2 aromatic rings. The van der Waals surface area contributed by atoms with Gasteiger partial charge in [0.05, 0.1) is 5.57 Å². The number of aliphatic carboxylic acids is 2. The van der Waals surface area contributed by atoms with Crippen molar-refractivity contribution < 1.29 is 34.8 Å². The molecular formula is C18H14O7. The average molecular weight is 342 g/mol. The van der Waals surface area contributed by atoms with Crippen LogP contribution in [0, 0.1) is 0 Å². The number of Topliss-reactive ketones (excluding diaryl/α,β-unsaturated/α-hetero) is 1. The van der Waals surface area contributed by atoms with Gasteiger partial charge in [-0.2, -0.15) is 0 Å². The highest BCUT2D eigenvalue weighted by Crippen LogP contribution is 2.25. The Labute approximate surface area is 142 Å². The Morgan fingerprint density at radius 2 is 1.20 bits per heavy atom. The van der Waals surface area contributed by atoms with Crippen LogP contribution >= 0.6 is 0 Å². The Bertz CT molecular complexity index is 846. The molecule has 0 radical (unpaired) electrons. The fraction of sp³-hybridized carbons (Fsp3) is 0.0556. The van der Waals surface area contributed by atoms with E-state index in [-0.39, 0.29) is 23.5 Å². The number of phenols is 2. The molecule has 7 nitrogen and oxygen atoms in total. The van der Waals surface area contributed by atoms with E-state index >= 15 is 0 Å². The van der Waals surface area contributed by atoms with Gasteiger partial charge >= 0.3 is 11.9 Å². The molecule has 7 heteroatoms. The van der Waals surface area contributed by atoms with E-state index in [1.165, 1.54) is 48.5 Å². The third-order valence-corrected chi connectivity index (χ3v) is 3.45. The summed E-state index contributed by atoms with van der Waals surface area (Å²) < 4.78 is 0. The molecule has 128 valence electrons. The van der Waals surface area contributed by atoms with E-state index in [1.807, 2.05) is 0 Å². The van der Waals surface area contributed by atoms with Crippen LogP contribution in [0.4, 0.5) is 0 Å². The van der Waals surface area contributed by atoms with Crippen LogP contribution in [0.1, 0.15) is 11.1 Å². The van der Waals surface area contributed by atoms with Crippen molar-refractivity contribution in [3.05, 3.63) is 65.2 Å². The molecule has 0 unspecified atom stereocenters. The van der Waals surface area contributed by atoms with Crippen molar-refractivity contribution in [2.24, 2.45) is 0 Å². The highest BCUT2D eigenvalue weighted by atomic mass is 16.4. The number of phenolic OH excluding ortho intramolecular Hbond substituents is 2. The Hall–Kier alpha value is -3.61. The van der Waals surface area contributed by atoms with Crippen LogP contribution in [0.3, 0.4) is 0 Å². The summed E-state index contributed by atoms with van der Waals surface area (Å²) in [4.78, 5) is 34.9. The lowest BCUT2D eigenvalue weighted by molar-refractivity contribution is -0.146. The Morgan fingerprint density at radius 1 is 0.720 bits per heavy atom. The number of carboxylic acids is 2. The zero-order valence-corrected chi connectivity index (χ0v) is 12.8. The number of hydrogen-bond acceptors (Lipinski definition) is 5. The molecule has 0 aliphatic heterocycles. The lowest BCUT2D eigenvalue weighted by Gasteiger charge is -2.11. The molecule has 0 amide bonds. The Balaban J connectivity index is 2.62. The van der Waals surface area contributed by atoms with E-state index < -0.39 is 28.9 Å². The normalized spacial score (nSPS) is 11.5. The molecule has 4 N–H and O–H groups in total. The molecule has 0 fully saturated rings. The van der Waals surface area contributed by atoms with E-state index in [0.717, 1.165) is 0 Å². The van der Waals surface area contributed by atoms with Crippen LogP contribution < -0.4 is 0 Å². The molecule has 0 atom stereocenters. The van der Waals surface area contributed by atoms with Crippen molar-refractivity contribution in [3.63, 3.8) is 0 Å². The van der Waals surface area contributed by atoms with E-state index in [4.69, 9.17) is 5.11 Å². The predicted molar refractivity (Wildman–Crippen MR) is 87.1 cm³/mol. The summed E-state index contributed by atoms with van der Waals surface area (Å²) in [5.74, 6) is -4.70. The lowest BCUT2D eigenvalue weighted by Crippen LogP contribution is -2.19. The van der Waals surface area contributed by atoms with Crippen molar-refractivity contribution in [2.75, 3.05) is 0 Å². The summed E-state index contributed by atoms with van der Waals surface area (Å²) in [6.07, 6.45) is -0.217. The number of carboxylic acid groups (broad SMARTS) is 2. The molecule has 0 aliphatic carbocycles. The maximum Gasteiger partial charge on any atom is 0.377 e. The maximum absolute atomic E-state index is 12.1. The van der Waals surface area contributed by atoms with Gasteiger partial charge in [0.2, 0.25) is 0 Å². The first-order chi connectivity index (χ1) is 11.8. The second kappa shape index (κ2) is 7.31. The van der Waals surface area contributed by atoms with Gasteiger partial charge < -0.3 is 20.4 Å². The molecule has 25 heavy (non-hydrogen) atoms. The topological polar surface area (TPSA) is 132 Å². The van der Waals surface area contributed by atoms with Gasteiger partial charge in [0.15, 0.2) is 0 Å². The third-order valence-electron chi connectivity index (χ3n) is 3.45. The highest BCUT2D eigenvalue weighted by molar-refractivity contribution is 6.52. The summed E-state index contributed by atoms with van der Waals surface area (Å²) >= 11 is 0. The Morgan fingerprint density at radius 3 is 1.64 bits per heavy atom. The number of carbonyl (C=O) groups excluding carboxylic acids is 1. The number of ketones is 1. The third kappa shape index (κ3) is 4.23. The second-order valence-electron chi connectivity index (χ2n) is 5.18. The fourth-order valence-corrected chi connectivity index (χ4v) is 2.27. The van der Waals surface area contributed by atoms with Crippen LogP contribution in [0.25, 0.3) is 5.57 Å².